The van der Waals surface area contributed by atoms with E-state index in [1.165, 1.54) is 14.2 Å². The first kappa shape index (κ1) is 20.3. The topological polar surface area (TPSA) is 94.1 Å². The first-order valence-electron chi connectivity index (χ1n) is 8.42. The standard InChI is InChI=1S/C20H23NO6/c1-25-15-10-8-14(9-11-15)19(23)18(20(24)26-2)21-17(22)12-13-27-16-6-4-3-5-7-16/h3-11,18-19,23H,12-13H2,1-2H3,(H,21,22). The summed E-state index contributed by atoms with van der Waals surface area (Å²) in [5.74, 6) is 0.0836. The maximum Gasteiger partial charge on any atom is 0.331 e. The lowest BCUT2D eigenvalue weighted by molar-refractivity contribution is -0.148. The molecule has 0 aliphatic rings. The van der Waals surface area contributed by atoms with Crippen molar-refractivity contribution in [3.8, 4) is 11.5 Å². The second-order valence-corrected chi connectivity index (χ2v) is 5.70. The number of carbonyl (C=O) groups is 2. The van der Waals surface area contributed by atoms with Gasteiger partial charge in [-0.3, -0.25) is 4.79 Å². The largest absolute Gasteiger partial charge is 0.497 e. The van der Waals surface area contributed by atoms with E-state index in [0.717, 1.165) is 0 Å². The van der Waals surface area contributed by atoms with Crippen LogP contribution in [0.5, 0.6) is 11.5 Å². The van der Waals surface area contributed by atoms with E-state index in [0.29, 0.717) is 17.1 Å². The highest BCUT2D eigenvalue weighted by atomic mass is 16.5. The van der Waals surface area contributed by atoms with Crippen molar-refractivity contribution in [2.75, 3.05) is 20.8 Å². The normalized spacial score (nSPS) is 12.6. The minimum atomic E-state index is -1.26. The maximum atomic E-state index is 12.2. The van der Waals surface area contributed by atoms with Crippen LogP contribution >= 0.6 is 0 Å². The number of methoxy groups -OCH3 is 2. The second kappa shape index (κ2) is 10.2. The fraction of sp³-hybridized carbons (Fsp3) is 0.300. The van der Waals surface area contributed by atoms with Crippen molar-refractivity contribution in [2.24, 2.45) is 0 Å². The van der Waals surface area contributed by atoms with Crippen LogP contribution in [-0.4, -0.2) is 43.9 Å². The van der Waals surface area contributed by atoms with Crippen LogP contribution in [0.1, 0.15) is 18.1 Å². The Morgan fingerprint density at radius 2 is 1.67 bits per heavy atom. The Bertz CT molecular complexity index is 732. The van der Waals surface area contributed by atoms with Gasteiger partial charge in [-0.05, 0) is 29.8 Å². The molecule has 0 saturated heterocycles. The number of hydrogen-bond donors (Lipinski definition) is 2. The van der Waals surface area contributed by atoms with Crippen LogP contribution in [0.15, 0.2) is 54.6 Å². The molecular weight excluding hydrogens is 350 g/mol. The van der Waals surface area contributed by atoms with Crippen molar-refractivity contribution in [3.63, 3.8) is 0 Å². The lowest BCUT2D eigenvalue weighted by Crippen LogP contribution is -2.46. The molecule has 0 aliphatic carbocycles. The van der Waals surface area contributed by atoms with E-state index in [9.17, 15) is 14.7 Å². The Morgan fingerprint density at radius 1 is 1.00 bits per heavy atom. The number of esters is 1. The predicted molar refractivity (Wildman–Crippen MR) is 98.5 cm³/mol. The number of benzene rings is 2. The van der Waals surface area contributed by atoms with Gasteiger partial charge in [0.15, 0.2) is 6.04 Å². The van der Waals surface area contributed by atoms with Crippen molar-refractivity contribution in [1.82, 2.24) is 5.32 Å². The van der Waals surface area contributed by atoms with Gasteiger partial charge in [-0.25, -0.2) is 4.79 Å². The Labute approximate surface area is 157 Å². The highest BCUT2D eigenvalue weighted by molar-refractivity contribution is 5.85. The molecule has 144 valence electrons. The molecule has 2 rings (SSSR count). The van der Waals surface area contributed by atoms with Crippen LogP contribution in [-0.2, 0) is 14.3 Å². The molecule has 7 nitrogen and oxygen atoms in total. The average molecular weight is 373 g/mol. The first-order chi connectivity index (χ1) is 13.0. The van der Waals surface area contributed by atoms with E-state index in [2.05, 4.69) is 5.32 Å². The molecule has 0 saturated carbocycles. The van der Waals surface area contributed by atoms with Gasteiger partial charge in [0.25, 0.3) is 0 Å². The number of aliphatic hydroxyl groups excluding tert-OH is 1. The number of rotatable bonds is 9. The SMILES string of the molecule is COC(=O)C(NC(=O)CCOc1ccccc1)C(O)c1ccc(OC)cc1. The van der Waals surface area contributed by atoms with E-state index in [4.69, 9.17) is 14.2 Å². The average Bonchev–Trinajstić information content (AvgIpc) is 2.72. The Morgan fingerprint density at radius 3 is 2.26 bits per heavy atom. The third kappa shape index (κ3) is 6.00. The highest BCUT2D eigenvalue weighted by Gasteiger charge is 2.30. The second-order valence-electron chi connectivity index (χ2n) is 5.70. The summed E-state index contributed by atoms with van der Waals surface area (Å²) in [5.41, 5.74) is 0.451. The minimum absolute atomic E-state index is 0.0255. The molecule has 2 aromatic carbocycles. The summed E-state index contributed by atoms with van der Waals surface area (Å²) in [6.45, 7) is 0.141. The fourth-order valence-electron chi connectivity index (χ4n) is 2.41. The van der Waals surface area contributed by atoms with Gasteiger partial charge >= 0.3 is 5.97 Å². The van der Waals surface area contributed by atoms with Crippen LogP contribution in [0.2, 0.25) is 0 Å². The number of aliphatic hydroxyl groups is 1. The number of carbonyl (C=O) groups excluding carboxylic acids is 2. The van der Waals surface area contributed by atoms with Gasteiger partial charge in [-0.15, -0.1) is 0 Å². The molecule has 0 aromatic heterocycles. The van der Waals surface area contributed by atoms with Gasteiger partial charge in [0.1, 0.15) is 17.6 Å². The number of ether oxygens (including phenoxy) is 3. The smallest absolute Gasteiger partial charge is 0.331 e. The third-order valence-electron chi connectivity index (χ3n) is 3.89. The van der Waals surface area contributed by atoms with E-state index in [-0.39, 0.29) is 13.0 Å². The number of hydrogen-bond acceptors (Lipinski definition) is 6. The van der Waals surface area contributed by atoms with E-state index >= 15 is 0 Å². The third-order valence-corrected chi connectivity index (χ3v) is 3.89. The zero-order chi connectivity index (χ0) is 19.6. The zero-order valence-electron chi connectivity index (χ0n) is 15.3. The summed E-state index contributed by atoms with van der Waals surface area (Å²) < 4.78 is 15.2. The Kier molecular flexibility index (Phi) is 7.63. The van der Waals surface area contributed by atoms with Gasteiger partial charge < -0.3 is 24.6 Å². The number of para-hydroxylation sites is 1. The molecule has 0 heterocycles. The monoisotopic (exact) mass is 373 g/mol. The number of nitrogens with one attached hydrogen (secondary N) is 1. The predicted octanol–water partition coefficient (Wildman–Crippen LogP) is 1.86. The Balaban J connectivity index is 1.96. The summed E-state index contributed by atoms with van der Waals surface area (Å²) in [7, 11) is 2.72. The first-order valence-corrected chi connectivity index (χ1v) is 8.42. The maximum absolute atomic E-state index is 12.2. The van der Waals surface area contributed by atoms with Crippen molar-refractivity contribution in [2.45, 2.75) is 18.6 Å². The zero-order valence-corrected chi connectivity index (χ0v) is 15.3. The lowest BCUT2D eigenvalue weighted by atomic mass is 10.0. The van der Waals surface area contributed by atoms with Crippen LogP contribution in [0.3, 0.4) is 0 Å². The summed E-state index contributed by atoms with van der Waals surface area (Å²) in [6, 6.07) is 14.4. The van der Waals surface area contributed by atoms with Gasteiger partial charge in [0.2, 0.25) is 5.91 Å². The molecule has 0 aliphatic heterocycles. The molecule has 0 fully saturated rings. The van der Waals surface area contributed by atoms with Crippen molar-refractivity contribution in [1.29, 1.82) is 0 Å². The van der Waals surface area contributed by atoms with Crippen LogP contribution in [0.4, 0.5) is 0 Å². The van der Waals surface area contributed by atoms with Crippen molar-refractivity contribution in [3.05, 3.63) is 60.2 Å². The molecule has 2 unspecified atom stereocenters. The molecule has 2 aromatic rings. The van der Waals surface area contributed by atoms with E-state index in [1.807, 2.05) is 18.2 Å². The van der Waals surface area contributed by atoms with Crippen molar-refractivity contribution >= 4 is 11.9 Å². The lowest BCUT2D eigenvalue weighted by Gasteiger charge is -2.22. The molecule has 27 heavy (non-hydrogen) atoms. The van der Waals surface area contributed by atoms with E-state index in [1.54, 1.807) is 36.4 Å². The molecule has 0 radical (unpaired) electrons. The fourth-order valence-corrected chi connectivity index (χ4v) is 2.41. The number of amides is 1. The molecular formula is C20H23NO6. The molecule has 1 amide bonds. The van der Waals surface area contributed by atoms with E-state index < -0.39 is 24.0 Å². The van der Waals surface area contributed by atoms with Crippen LogP contribution in [0, 0.1) is 0 Å². The quantitative estimate of drug-likeness (QED) is 0.652. The van der Waals surface area contributed by atoms with Crippen LogP contribution in [0.25, 0.3) is 0 Å². The summed E-state index contributed by atoms with van der Waals surface area (Å²) in [5, 5.41) is 13.0. The molecule has 2 atom stereocenters. The summed E-state index contributed by atoms with van der Waals surface area (Å²) >= 11 is 0. The molecule has 2 N–H and O–H groups in total. The highest BCUT2D eigenvalue weighted by Crippen LogP contribution is 2.21. The van der Waals surface area contributed by atoms with Gasteiger partial charge in [-0.1, -0.05) is 30.3 Å². The summed E-state index contributed by atoms with van der Waals surface area (Å²) in [6.07, 6.45) is -1.24. The minimum Gasteiger partial charge on any atom is -0.497 e. The summed E-state index contributed by atoms with van der Waals surface area (Å²) in [4.78, 5) is 24.2. The molecule has 0 spiro atoms. The van der Waals surface area contributed by atoms with Crippen LogP contribution < -0.4 is 14.8 Å². The van der Waals surface area contributed by atoms with Gasteiger partial charge in [0, 0.05) is 0 Å². The molecule has 0 bridgehead atoms. The van der Waals surface area contributed by atoms with Gasteiger partial charge in [0.05, 0.1) is 27.2 Å². The van der Waals surface area contributed by atoms with Gasteiger partial charge in [-0.2, -0.15) is 0 Å². The molecule has 7 heteroatoms. The van der Waals surface area contributed by atoms with Crippen molar-refractivity contribution < 1.29 is 28.9 Å². The Hall–Kier alpha value is -3.06.